The Kier molecular flexibility index (Phi) is 5.11. The van der Waals surface area contributed by atoms with Gasteiger partial charge in [-0.15, -0.1) is 0 Å². The van der Waals surface area contributed by atoms with Crippen LogP contribution in [0.3, 0.4) is 0 Å². The van der Waals surface area contributed by atoms with Crippen LogP contribution in [0.4, 0.5) is 0 Å². The molecule has 6 nitrogen and oxygen atoms in total. The molecule has 0 unspecified atom stereocenters. The third-order valence-corrected chi connectivity index (χ3v) is 2.36. The van der Waals surface area contributed by atoms with Crippen molar-refractivity contribution in [1.82, 2.24) is 0 Å². The molecule has 104 valence electrons. The van der Waals surface area contributed by atoms with Crippen LogP contribution in [0.25, 0.3) is 0 Å². The van der Waals surface area contributed by atoms with Gasteiger partial charge in [-0.25, -0.2) is 0 Å². The van der Waals surface area contributed by atoms with E-state index >= 15 is 0 Å². The molecule has 0 spiro atoms. The van der Waals surface area contributed by atoms with Crippen molar-refractivity contribution in [2.75, 3.05) is 0 Å². The molecule has 20 heavy (non-hydrogen) atoms. The lowest BCUT2D eigenvalue weighted by molar-refractivity contribution is 0.111. The first-order valence-electron chi connectivity index (χ1n) is 5.43. The van der Waals surface area contributed by atoms with Gasteiger partial charge < -0.3 is 20.4 Å². The highest BCUT2D eigenvalue weighted by atomic mass is 16.3. The van der Waals surface area contributed by atoms with E-state index in [9.17, 15) is 9.59 Å². The fraction of sp³-hybridized carbons (Fsp3) is 0. The standard InChI is InChI=1S/2C7H6O3/c2*8-4-5-6(9)2-1-3-7(5)10/h2*1-4,9-10H. The Morgan fingerprint density at radius 2 is 0.850 bits per heavy atom. The van der Waals surface area contributed by atoms with Gasteiger partial charge in [0.25, 0.3) is 0 Å². The highest BCUT2D eigenvalue weighted by Gasteiger charge is 2.03. The van der Waals surface area contributed by atoms with Crippen molar-refractivity contribution < 1.29 is 30.0 Å². The molecule has 0 atom stereocenters. The van der Waals surface area contributed by atoms with E-state index in [2.05, 4.69) is 0 Å². The number of carbonyl (C=O) groups is 2. The number of phenols is 4. The molecule has 0 aliphatic heterocycles. The van der Waals surface area contributed by atoms with E-state index in [-0.39, 0.29) is 34.1 Å². The molecule has 0 saturated carbocycles. The van der Waals surface area contributed by atoms with E-state index in [0.29, 0.717) is 12.6 Å². The lowest BCUT2D eigenvalue weighted by atomic mass is 10.2. The molecule has 0 aliphatic rings. The summed E-state index contributed by atoms with van der Waals surface area (Å²) in [5.41, 5.74) is -0.134. The van der Waals surface area contributed by atoms with E-state index in [0.717, 1.165) is 0 Å². The Hall–Kier alpha value is -3.02. The Labute approximate surface area is 114 Å². The first-order chi connectivity index (χ1) is 9.51. The number of rotatable bonds is 2. The predicted octanol–water partition coefficient (Wildman–Crippen LogP) is 1.82. The van der Waals surface area contributed by atoms with E-state index in [1.807, 2.05) is 0 Å². The molecule has 0 radical (unpaired) electrons. The van der Waals surface area contributed by atoms with Crippen LogP contribution in [-0.2, 0) is 0 Å². The monoisotopic (exact) mass is 276 g/mol. The maximum Gasteiger partial charge on any atom is 0.157 e. The summed E-state index contributed by atoms with van der Waals surface area (Å²) in [4.78, 5) is 20.3. The van der Waals surface area contributed by atoms with E-state index in [1.54, 1.807) is 0 Å². The zero-order valence-corrected chi connectivity index (χ0v) is 10.2. The molecule has 2 aromatic carbocycles. The van der Waals surface area contributed by atoms with Crippen molar-refractivity contribution in [3.63, 3.8) is 0 Å². The molecule has 0 saturated heterocycles. The smallest absolute Gasteiger partial charge is 0.157 e. The lowest BCUT2D eigenvalue weighted by Gasteiger charge is -1.97. The highest BCUT2D eigenvalue weighted by Crippen LogP contribution is 2.24. The summed E-state index contributed by atoms with van der Waals surface area (Å²) in [5, 5.41) is 35.6. The second-order valence-corrected chi connectivity index (χ2v) is 3.66. The summed E-state index contributed by atoms with van der Waals surface area (Å²) >= 11 is 0. The Morgan fingerprint density at radius 3 is 1.00 bits per heavy atom. The van der Waals surface area contributed by atoms with Crippen LogP contribution in [0.1, 0.15) is 20.7 Å². The van der Waals surface area contributed by atoms with Gasteiger partial charge in [-0.05, 0) is 24.3 Å². The van der Waals surface area contributed by atoms with Crippen molar-refractivity contribution in [1.29, 1.82) is 0 Å². The van der Waals surface area contributed by atoms with Gasteiger partial charge in [0.05, 0.1) is 11.1 Å². The normalized spacial score (nSPS) is 9.20. The van der Waals surface area contributed by atoms with Crippen LogP contribution in [-0.4, -0.2) is 33.0 Å². The summed E-state index contributed by atoms with van der Waals surface area (Å²) < 4.78 is 0. The molecule has 6 heteroatoms. The van der Waals surface area contributed by atoms with E-state index in [1.165, 1.54) is 36.4 Å². The van der Waals surface area contributed by atoms with Crippen molar-refractivity contribution in [2.45, 2.75) is 0 Å². The number of hydrogen-bond acceptors (Lipinski definition) is 6. The minimum atomic E-state index is -0.199. The third-order valence-electron chi connectivity index (χ3n) is 2.36. The molecule has 0 aromatic heterocycles. The molecule has 0 amide bonds. The third kappa shape index (κ3) is 3.49. The Morgan fingerprint density at radius 1 is 0.600 bits per heavy atom. The zero-order chi connectivity index (χ0) is 15.1. The number of hydrogen-bond donors (Lipinski definition) is 4. The average molecular weight is 276 g/mol. The second kappa shape index (κ2) is 6.79. The first-order valence-corrected chi connectivity index (χ1v) is 5.43. The van der Waals surface area contributed by atoms with Crippen LogP contribution in [0.5, 0.6) is 23.0 Å². The molecule has 2 aromatic rings. The van der Waals surface area contributed by atoms with Crippen LogP contribution >= 0.6 is 0 Å². The molecule has 0 aliphatic carbocycles. The maximum atomic E-state index is 10.1. The quantitative estimate of drug-likeness (QED) is 0.622. The molecular formula is C14H12O6. The van der Waals surface area contributed by atoms with Crippen LogP contribution in [0.15, 0.2) is 36.4 Å². The Bertz CT molecular complexity index is 525. The summed E-state index contributed by atoms with van der Waals surface area (Å²) in [6, 6.07) is 8.26. The van der Waals surface area contributed by atoms with Gasteiger partial charge in [-0.2, -0.15) is 0 Å². The molecule has 0 fully saturated rings. The van der Waals surface area contributed by atoms with Gasteiger partial charge in [-0.3, -0.25) is 9.59 Å². The summed E-state index contributed by atoms with van der Waals surface area (Å²) in [5.74, 6) is -0.796. The zero-order valence-electron chi connectivity index (χ0n) is 10.2. The minimum Gasteiger partial charge on any atom is -0.507 e. The largest absolute Gasteiger partial charge is 0.507 e. The average Bonchev–Trinajstić information content (AvgIpc) is 2.40. The topological polar surface area (TPSA) is 115 Å². The number of phenolic OH excluding ortho intramolecular Hbond substituents is 4. The van der Waals surface area contributed by atoms with Crippen molar-refractivity contribution >= 4 is 12.6 Å². The fourth-order valence-electron chi connectivity index (χ4n) is 1.32. The van der Waals surface area contributed by atoms with Crippen LogP contribution in [0.2, 0.25) is 0 Å². The van der Waals surface area contributed by atoms with Gasteiger partial charge in [0.2, 0.25) is 0 Å². The highest BCUT2D eigenvalue weighted by molar-refractivity contribution is 5.83. The molecule has 0 heterocycles. The van der Waals surface area contributed by atoms with Gasteiger partial charge >= 0.3 is 0 Å². The molecule has 0 bridgehead atoms. The van der Waals surface area contributed by atoms with Crippen LogP contribution < -0.4 is 0 Å². The number of benzene rings is 2. The first kappa shape index (κ1) is 15.0. The molecule has 2 rings (SSSR count). The minimum absolute atomic E-state index is 0.0671. The summed E-state index contributed by atoms with van der Waals surface area (Å²) in [7, 11) is 0. The SMILES string of the molecule is O=Cc1c(O)cccc1O.O=Cc1c(O)cccc1O. The van der Waals surface area contributed by atoms with E-state index < -0.39 is 0 Å². The lowest BCUT2D eigenvalue weighted by Crippen LogP contribution is -1.80. The van der Waals surface area contributed by atoms with E-state index in [4.69, 9.17) is 20.4 Å². The molecule has 4 N–H and O–H groups in total. The van der Waals surface area contributed by atoms with Crippen molar-refractivity contribution in [2.24, 2.45) is 0 Å². The second-order valence-electron chi connectivity index (χ2n) is 3.66. The number of aromatic hydroxyl groups is 4. The van der Waals surface area contributed by atoms with Gasteiger partial charge in [0.15, 0.2) is 12.6 Å². The molecular weight excluding hydrogens is 264 g/mol. The number of aldehydes is 2. The van der Waals surface area contributed by atoms with Crippen molar-refractivity contribution in [3.8, 4) is 23.0 Å². The predicted molar refractivity (Wildman–Crippen MR) is 70.3 cm³/mol. The van der Waals surface area contributed by atoms with Crippen LogP contribution in [0, 0.1) is 0 Å². The number of carbonyl (C=O) groups excluding carboxylic acids is 2. The Balaban J connectivity index is 0.000000200. The fourth-order valence-corrected chi connectivity index (χ4v) is 1.32. The van der Waals surface area contributed by atoms with Gasteiger partial charge in [0.1, 0.15) is 23.0 Å². The van der Waals surface area contributed by atoms with Crippen molar-refractivity contribution in [3.05, 3.63) is 47.5 Å². The van der Waals surface area contributed by atoms with Gasteiger partial charge in [0, 0.05) is 0 Å². The van der Waals surface area contributed by atoms with Gasteiger partial charge in [-0.1, -0.05) is 12.1 Å². The summed E-state index contributed by atoms with van der Waals surface area (Å²) in [6.07, 6.45) is 0.815. The maximum absolute atomic E-state index is 10.1. The summed E-state index contributed by atoms with van der Waals surface area (Å²) in [6.45, 7) is 0.